The average Bonchev–Trinajstić information content (AvgIpc) is 2.38. The zero-order valence-corrected chi connectivity index (χ0v) is 12.2. The number of amides is 3. The van der Waals surface area contributed by atoms with Crippen molar-refractivity contribution in [3.63, 3.8) is 0 Å². The monoisotopic (exact) mass is 290 g/mol. The topological polar surface area (TPSA) is 110 Å². The molecule has 0 spiro atoms. The molecule has 2 atom stereocenters. The molecular formula is C15H22N4O2. The molecule has 1 aromatic carbocycles. The Hall–Kier alpha value is -2.08. The number of nitrogens with two attached hydrogens (primary N) is 2. The van der Waals surface area contributed by atoms with Crippen molar-refractivity contribution in [3.05, 3.63) is 24.3 Å². The maximum absolute atomic E-state index is 12.4. The summed E-state index contributed by atoms with van der Waals surface area (Å²) < 4.78 is 0. The number of nitrogens with one attached hydrogen (secondary N) is 2. The molecule has 0 radical (unpaired) electrons. The molecule has 21 heavy (non-hydrogen) atoms. The smallest absolute Gasteiger partial charge is 0.316 e. The fraction of sp³-hybridized carbons (Fsp3) is 0.467. The minimum absolute atomic E-state index is 0.176. The predicted octanol–water partition coefficient (Wildman–Crippen LogP) is 2.02. The SMILES string of the molecule is CC1CCCC(N)(C(=O)Nc2cccc(NC(N)=O)c2)C1. The van der Waals surface area contributed by atoms with Crippen LogP contribution in [-0.4, -0.2) is 17.5 Å². The van der Waals surface area contributed by atoms with Gasteiger partial charge in [0.05, 0.1) is 5.54 Å². The number of rotatable bonds is 3. The Kier molecular flexibility index (Phi) is 4.47. The van der Waals surface area contributed by atoms with E-state index in [1.807, 2.05) is 0 Å². The predicted molar refractivity (Wildman–Crippen MR) is 82.8 cm³/mol. The first-order chi connectivity index (χ1) is 9.89. The summed E-state index contributed by atoms with van der Waals surface area (Å²) in [6, 6.07) is 6.18. The summed E-state index contributed by atoms with van der Waals surface area (Å²) in [5, 5.41) is 5.30. The van der Waals surface area contributed by atoms with E-state index in [1.54, 1.807) is 24.3 Å². The van der Waals surface area contributed by atoms with Gasteiger partial charge in [0.2, 0.25) is 5.91 Å². The summed E-state index contributed by atoms with van der Waals surface area (Å²) >= 11 is 0. The van der Waals surface area contributed by atoms with Gasteiger partial charge in [-0.15, -0.1) is 0 Å². The highest BCUT2D eigenvalue weighted by Crippen LogP contribution is 2.31. The number of anilines is 2. The van der Waals surface area contributed by atoms with Crippen molar-refractivity contribution >= 4 is 23.3 Å². The molecule has 0 aliphatic heterocycles. The van der Waals surface area contributed by atoms with Crippen LogP contribution in [0.1, 0.15) is 32.6 Å². The Labute approximate surface area is 124 Å². The van der Waals surface area contributed by atoms with Crippen LogP contribution in [0, 0.1) is 5.92 Å². The molecule has 1 fully saturated rings. The summed E-state index contributed by atoms with van der Waals surface area (Å²) in [5.41, 5.74) is 11.6. The Morgan fingerprint density at radius 1 is 1.29 bits per heavy atom. The molecule has 1 aliphatic carbocycles. The largest absolute Gasteiger partial charge is 0.351 e. The molecule has 2 unspecified atom stereocenters. The summed E-state index contributed by atoms with van der Waals surface area (Å²) in [6.07, 6.45) is 3.47. The lowest BCUT2D eigenvalue weighted by Gasteiger charge is -2.35. The van der Waals surface area contributed by atoms with Crippen LogP contribution in [0.4, 0.5) is 16.2 Å². The van der Waals surface area contributed by atoms with Crippen molar-refractivity contribution in [2.75, 3.05) is 10.6 Å². The molecule has 6 N–H and O–H groups in total. The quantitative estimate of drug-likeness (QED) is 0.683. The lowest BCUT2D eigenvalue weighted by molar-refractivity contribution is -0.122. The van der Waals surface area contributed by atoms with Gasteiger partial charge >= 0.3 is 6.03 Å². The number of hydrogen-bond donors (Lipinski definition) is 4. The molecule has 1 saturated carbocycles. The molecule has 1 aliphatic rings. The minimum Gasteiger partial charge on any atom is -0.351 e. The zero-order chi connectivity index (χ0) is 15.5. The summed E-state index contributed by atoms with van der Waals surface area (Å²) in [5.74, 6) is 0.280. The molecule has 2 rings (SSSR count). The Morgan fingerprint density at radius 3 is 2.57 bits per heavy atom. The number of primary amides is 1. The molecule has 0 aromatic heterocycles. The van der Waals surface area contributed by atoms with E-state index >= 15 is 0 Å². The van der Waals surface area contributed by atoms with Gasteiger partial charge in [-0.2, -0.15) is 0 Å². The Bertz CT molecular complexity index is 546. The van der Waals surface area contributed by atoms with E-state index in [-0.39, 0.29) is 5.91 Å². The standard InChI is InChI=1S/C15H22N4O2/c1-10-4-3-7-15(17,9-10)13(20)18-11-5-2-6-12(8-11)19-14(16)21/h2,5-6,8,10H,3-4,7,9,17H2,1H3,(H,18,20)(H3,16,19,21). The number of carbonyl (C=O) groups excluding carboxylic acids is 2. The third-order valence-electron chi connectivity index (χ3n) is 3.87. The summed E-state index contributed by atoms with van der Waals surface area (Å²) in [6.45, 7) is 2.12. The molecule has 0 bridgehead atoms. The maximum atomic E-state index is 12.4. The summed E-state index contributed by atoms with van der Waals surface area (Å²) in [4.78, 5) is 23.3. The molecule has 0 saturated heterocycles. The van der Waals surface area contributed by atoms with E-state index in [9.17, 15) is 9.59 Å². The minimum atomic E-state index is -0.815. The maximum Gasteiger partial charge on any atom is 0.316 e. The van der Waals surface area contributed by atoms with Crippen LogP contribution >= 0.6 is 0 Å². The van der Waals surface area contributed by atoms with Crippen LogP contribution in [0.25, 0.3) is 0 Å². The number of urea groups is 1. The fourth-order valence-corrected chi connectivity index (χ4v) is 2.87. The molecule has 6 nitrogen and oxygen atoms in total. The first kappa shape index (κ1) is 15.3. The van der Waals surface area contributed by atoms with Crippen molar-refractivity contribution in [1.29, 1.82) is 0 Å². The van der Waals surface area contributed by atoms with Gasteiger partial charge in [0.1, 0.15) is 0 Å². The second-order valence-electron chi connectivity index (χ2n) is 5.88. The molecular weight excluding hydrogens is 268 g/mol. The first-order valence-corrected chi connectivity index (χ1v) is 7.16. The van der Waals surface area contributed by atoms with Crippen molar-refractivity contribution in [3.8, 4) is 0 Å². The van der Waals surface area contributed by atoms with Crippen molar-refractivity contribution in [1.82, 2.24) is 0 Å². The van der Waals surface area contributed by atoms with E-state index in [1.165, 1.54) is 0 Å². The second-order valence-corrected chi connectivity index (χ2v) is 5.88. The zero-order valence-electron chi connectivity index (χ0n) is 12.2. The van der Waals surface area contributed by atoms with Crippen LogP contribution < -0.4 is 22.1 Å². The van der Waals surface area contributed by atoms with Crippen molar-refractivity contribution in [2.45, 2.75) is 38.1 Å². The normalized spacial score (nSPS) is 25.1. The lowest BCUT2D eigenvalue weighted by Crippen LogP contribution is -2.53. The van der Waals surface area contributed by atoms with Crippen molar-refractivity contribution < 1.29 is 9.59 Å². The van der Waals surface area contributed by atoms with Gasteiger partial charge in [-0.3, -0.25) is 4.79 Å². The third-order valence-corrected chi connectivity index (χ3v) is 3.87. The van der Waals surface area contributed by atoms with E-state index in [4.69, 9.17) is 11.5 Å². The van der Waals surface area contributed by atoms with Gasteiger partial charge in [-0.25, -0.2) is 4.79 Å². The van der Waals surface area contributed by atoms with E-state index in [0.29, 0.717) is 30.1 Å². The first-order valence-electron chi connectivity index (χ1n) is 7.16. The molecule has 114 valence electrons. The number of benzene rings is 1. The highest BCUT2D eigenvalue weighted by molar-refractivity contribution is 5.98. The van der Waals surface area contributed by atoms with Gasteiger partial charge in [0.25, 0.3) is 0 Å². The van der Waals surface area contributed by atoms with Gasteiger partial charge in [0.15, 0.2) is 0 Å². The third kappa shape index (κ3) is 3.95. The van der Waals surface area contributed by atoms with Crippen LogP contribution in [0.3, 0.4) is 0 Å². The van der Waals surface area contributed by atoms with Crippen LogP contribution in [0.15, 0.2) is 24.3 Å². The highest BCUT2D eigenvalue weighted by atomic mass is 16.2. The van der Waals surface area contributed by atoms with Gasteiger partial charge in [-0.1, -0.05) is 25.8 Å². The van der Waals surface area contributed by atoms with Crippen LogP contribution in [-0.2, 0) is 4.79 Å². The lowest BCUT2D eigenvalue weighted by atomic mass is 9.76. The van der Waals surface area contributed by atoms with Gasteiger partial charge in [0, 0.05) is 11.4 Å². The summed E-state index contributed by atoms with van der Waals surface area (Å²) in [7, 11) is 0. The Balaban J connectivity index is 2.07. The molecule has 6 heteroatoms. The van der Waals surface area contributed by atoms with Crippen molar-refractivity contribution in [2.24, 2.45) is 17.4 Å². The second kappa shape index (κ2) is 6.13. The molecule has 1 aromatic rings. The van der Waals surface area contributed by atoms with Crippen LogP contribution in [0.2, 0.25) is 0 Å². The van der Waals surface area contributed by atoms with Gasteiger partial charge < -0.3 is 22.1 Å². The van der Waals surface area contributed by atoms with E-state index in [0.717, 1.165) is 12.8 Å². The molecule has 3 amide bonds. The number of carbonyl (C=O) groups is 2. The Morgan fingerprint density at radius 2 is 1.95 bits per heavy atom. The average molecular weight is 290 g/mol. The van der Waals surface area contributed by atoms with E-state index in [2.05, 4.69) is 17.6 Å². The fourth-order valence-electron chi connectivity index (χ4n) is 2.87. The van der Waals surface area contributed by atoms with E-state index < -0.39 is 11.6 Å². The molecule has 0 heterocycles. The number of hydrogen-bond acceptors (Lipinski definition) is 3. The van der Waals surface area contributed by atoms with Crippen LogP contribution in [0.5, 0.6) is 0 Å². The van der Waals surface area contributed by atoms with Gasteiger partial charge in [-0.05, 0) is 37.0 Å². The highest BCUT2D eigenvalue weighted by Gasteiger charge is 2.37.